The monoisotopic (exact) mass is 395 g/mol. The first-order valence-electron chi connectivity index (χ1n) is 9.35. The molecule has 4 rings (SSSR count). The van der Waals surface area contributed by atoms with Crippen LogP contribution in [0.1, 0.15) is 28.9 Å². The van der Waals surface area contributed by atoms with E-state index in [4.69, 9.17) is 11.6 Å². The van der Waals surface area contributed by atoms with Crippen molar-refractivity contribution in [1.29, 1.82) is 0 Å². The van der Waals surface area contributed by atoms with Crippen molar-refractivity contribution in [3.05, 3.63) is 77.5 Å². The molecule has 0 radical (unpaired) electrons. The van der Waals surface area contributed by atoms with Crippen molar-refractivity contribution in [1.82, 2.24) is 24.3 Å². The molecule has 7 heteroatoms. The molecule has 1 amide bonds. The van der Waals surface area contributed by atoms with Crippen LogP contribution >= 0.6 is 11.6 Å². The van der Waals surface area contributed by atoms with Crippen LogP contribution in [-0.4, -0.2) is 56.4 Å². The third-order valence-electron chi connectivity index (χ3n) is 5.27. The molecule has 0 spiro atoms. The van der Waals surface area contributed by atoms with E-state index in [1.165, 1.54) is 0 Å². The van der Waals surface area contributed by atoms with Crippen LogP contribution in [0.2, 0.25) is 5.02 Å². The van der Waals surface area contributed by atoms with Crippen LogP contribution in [0.25, 0.3) is 5.82 Å². The molecular weight excluding hydrogens is 374 g/mol. The predicted molar refractivity (Wildman–Crippen MR) is 109 cm³/mol. The molecule has 0 N–H and O–H groups in total. The van der Waals surface area contributed by atoms with Gasteiger partial charge in [-0.05, 0) is 30.7 Å². The van der Waals surface area contributed by atoms with Gasteiger partial charge in [0.25, 0.3) is 5.91 Å². The van der Waals surface area contributed by atoms with Gasteiger partial charge >= 0.3 is 0 Å². The lowest BCUT2D eigenvalue weighted by molar-refractivity contribution is 0.0582. The van der Waals surface area contributed by atoms with Gasteiger partial charge in [0.15, 0.2) is 0 Å². The Bertz CT molecular complexity index is 934. The van der Waals surface area contributed by atoms with E-state index in [0.717, 1.165) is 29.5 Å². The van der Waals surface area contributed by atoms with Crippen LogP contribution in [0.3, 0.4) is 0 Å². The molecule has 3 heterocycles. The number of hydrogen-bond acceptors (Lipinski definition) is 4. The zero-order valence-electron chi connectivity index (χ0n) is 15.7. The largest absolute Gasteiger partial charge is 0.336 e. The van der Waals surface area contributed by atoms with E-state index >= 15 is 0 Å². The number of halogens is 1. The van der Waals surface area contributed by atoms with Gasteiger partial charge in [-0.15, -0.1) is 0 Å². The molecule has 1 fully saturated rings. The molecular formula is C21H22ClN5O. The normalized spacial score (nSPS) is 16.1. The second-order valence-electron chi connectivity index (χ2n) is 6.90. The van der Waals surface area contributed by atoms with Gasteiger partial charge in [0.2, 0.25) is 0 Å². The average Bonchev–Trinajstić information content (AvgIpc) is 3.28. The van der Waals surface area contributed by atoms with Gasteiger partial charge in [0.1, 0.15) is 12.1 Å². The fourth-order valence-corrected chi connectivity index (χ4v) is 3.86. The van der Waals surface area contributed by atoms with E-state index in [2.05, 4.69) is 27.9 Å². The Morgan fingerprint density at radius 3 is 2.54 bits per heavy atom. The van der Waals surface area contributed by atoms with E-state index in [9.17, 15) is 4.79 Å². The Morgan fingerprint density at radius 1 is 1.11 bits per heavy atom. The Balaban J connectivity index is 1.38. The van der Waals surface area contributed by atoms with Crippen molar-refractivity contribution in [3.8, 4) is 5.82 Å². The fourth-order valence-electron chi connectivity index (χ4n) is 3.57. The Morgan fingerprint density at radius 2 is 1.89 bits per heavy atom. The van der Waals surface area contributed by atoms with Crippen LogP contribution in [0.15, 0.2) is 61.3 Å². The van der Waals surface area contributed by atoms with Crippen LogP contribution in [0.5, 0.6) is 0 Å². The number of hydrogen-bond donors (Lipinski definition) is 0. The first kappa shape index (κ1) is 18.7. The first-order chi connectivity index (χ1) is 13.6. The maximum Gasteiger partial charge on any atom is 0.255 e. The number of benzene rings is 1. The molecule has 0 bridgehead atoms. The summed E-state index contributed by atoms with van der Waals surface area (Å²) in [5.74, 6) is 0.766. The zero-order chi connectivity index (χ0) is 19.5. The summed E-state index contributed by atoms with van der Waals surface area (Å²) in [7, 11) is 0. The lowest BCUT2D eigenvalue weighted by Gasteiger charge is -2.38. The molecule has 28 heavy (non-hydrogen) atoms. The van der Waals surface area contributed by atoms with Gasteiger partial charge < -0.3 is 4.90 Å². The van der Waals surface area contributed by atoms with Gasteiger partial charge in [-0.2, -0.15) is 0 Å². The zero-order valence-corrected chi connectivity index (χ0v) is 16.5. The minimum absolute atomic E-state index is 0.0229. The van der Waals surface area contributed by atoms with Crippen molar-refractivity contribution in [2.45, 2.75) is 13.0 Å². The molecule has 2 aromatic heterocycles. The minimum atomic E-state index is 0.0229. The number of imidazole rings is 1. The molecule has 0 saturated carbocycles. The maximum atomic E-state index is 12.8. The van der Waals surface area contributed by atoms with Gasteiger partial charge in [0.05, 0.1) is 5.56 Å². The molecule has 1 aromatic carbocycles. The second kappa shape index (κ2) is 8.12. The number of carbonyl (C=O) groups excluding carboxylic acids is 1. The Labute approximate surface area is 169 Å². The minimum Gasteiger partial charge on any atom is -0.336 e. The van der Waals surface area contributed by atoms with Crippen molar-refractivity contribution in [2.24, 2.45) is 0 Å². The SMILES string of the molecule is CC(c1ccccc1Cl)N1CCN(C(=O)c2ccc(-n3ccnc3)nc2)CC1. The molecule has 0 aliphatic carbocycles. The summed E-state index contributed by atoms with van der Waals surface area (Å²) in [6, 6.07) is 11.8. The standard InChI is InChI=1S/C21H22ClN5O/c1-16(18-4-2-3-5-19(18)22)25-10-12-26(13-11-25)21(28)17-6-7-20(24-14-17)27-9-8-23-15-27/h2-9,14-16H,10-13H2,1H3. The Kier molecular flexibility index (Phi) is 5.41. The summed E-state index contributed by atoms with van der Waals surface area (Å²) >= 11 is 6.34. The number of rotatable bonds is 4. The third-order valence-corrected chi connectivity index (χ3v) is 5.61. The highest BCUT2D eigenvalue weighted by molar-refractivity contribution is 6.31. The third kappa shape index (κ3) is 3.79. The van der Waals surface area contributed by atoms with Crippen LogP contribution < -0.4 is 0 Å². The Hall–Kier alpha value is -2.70. The van der Waals surface area contributed by atoms with E-state index < -0.39 is 0 Å². The number of pyridine rings is 1. The number of amides is 1. The quantitative estimate of drug-likeness (QED) is 0.679. The van der Waals surface area contributed by atoms with E-state index in [1.807, 2.05) is 46.0 Å². The molecule has 1 aliphatic heterocycles. The first-order valence-corrected chi connectivity index (χ1v) is 9.73. The number of nitrogens with zero attached hydrogens (tertiary/aromatic N) is 5. The highest BCUT2D eigenvalue weighted by Crippen LogP contribution is 2.28. The highest BCUT2D eigenvalue weighted by atomic mass is 35.5. The van der Waals surface area contributed by atoms with E-state index in [0.29, 0.717) is 18.7 Å². The molecule has 1 saturated heterocycles. The summed E-state index contributed by atoms with van der Waals surface area (Å²) in [4.78, 5) is 25.5. The number of carbonyl (C=O) groups is 1. The molecule has 3 aromatic rings. The van der Waals surface area contributed by atoms with Gasteiger partial charge in [-0.1, -0.05) is 29.8 Å². The smallest absolute Gasteiger partial charge is 0.255 e. The van der Waals surface area contributed by atoms with Crippen LogP contribution in [-0.2, 0) is 0 Å². The van der Waals surface area contributed by atoms with Gasteiger partial charge in [-0.3, -0.25) is 14.3 Å². The number of piperazine rings is 1. The highest BCUT2D eigenvalue weighted by Gasteiger charge is 2.26. The topological polar surface area (TPSA) is 54.3 Å². The van der Waals surface area contributed by atoms with E-state index in [-0.39, 0.29) is 11.9 Å². The molecule has 1 aliphatic rings. The van der Waals surface area contributed by atoms with Gasteiger partial charge in [0, 0.05) is 55.8 Å². The van der Waals surface area contributed by atoms with Crippen molar-refractivity contribution in [3.63, 3.8) is 0 Å². The summed E-state index contributed by atoms with van der Waals surface area (Å²) in [5, 5.41) is 0.789. The second-order valence-corrected chi connectivity index (χ2v) is 7.31. The maximum absolute atomic E-state index is 12.8. The molecule has 6 nitrogen and oxygen atoms in total. The molecule has 1 atom stereocenters. The van der Waals surface area contributed by atoms with Crippen LogP contribution in [0.4, 0.5) is 0 Å². The summed E-state index contributed by atoms with van der Waals surface area (Å²) < 4.78 is 1.81. The predicted octanol–water partition coefficient (Wildman–Crippen LogP) is 3.44. The summed E-state index contributed by atoms with van der Waals surface area (Å²) in [6.07, 6.45) is 6.84. The van der Waals surface area contributed by atoms with Crippen molar-refractivity contribution in [2.75, 3.05) is 26.2 Å². The lowest BCUT2D eigenvalue weighted by Crippen LogP contribution is -2.49. The lowest BCUT2D eigenvalue weighted by atomic mass is 10.1. The molecule has 1 unspecified atom stereocenters. The van der Waals surface area contributed by atoms with Crippen molar-refractivity contribution < 1.29 is 4.79 Å². The number of aromatic nitrogens is 3. The van der Waals surface area contributed by atoms with Crippen LogP contribution in [0, 0.1) is 0 Å². The van der Waals surface area contributed by atoms with Gasteiger partial charge in [-0.25, -0.2) is 9.97 Å². The van der Waals surface area contributed by atoms with Crippen molar-refractivity contribution >= 4 is 17.5 Å². The fraction of sp³-hybridized carbons (Fsp3) is 0.286. The molecule has 144 valence electrons. The summed E-state index contributed by atoms with van der Waals surface area (Å²) in [5.41, 5.74) is 1.74. The average molecular weight is 396 g/mol. The summed E-state index contributed by atoms with van der Waals surface area (Å²) in [6.45, 7) is 5.18. The van der Waals surface area contributed by atoms with E-state index in [1.54, 1.807) is 18.7 Å².